The first-order valence-electron chi connectivity index (χ1n) is 16.1. The highest BCUT2D eigenvalue weighted by Crippen LogP contribution is 2.37. The van der Waals surface area contributed by atoms with Gasteiger partial charge in [0, 0.05) is 5.02 Å². The van der Waals surface area contributed by atoms with Crippen LogP contribution in [0.2, 0.25) is 5.02 Å². The predicted molar refractivity (Wildman–Crippen MR) is 202 cm³/mol. The quantitative estimate of drug-likeness (QED) is 0.111. The lowest BCUT2D eigenvalue weighted by Gasteiger charge is -2.25. The van der Waals surface area contributed by atoms with Gasteiger partial charge < -0.3 is 28.4 Å². The molecule has 268 valence electrons. The molecule has 0 spiro atoms. The third-order valence-corrected chi connectivity index (χ3v) is 9.64. The van der Waals surface area contributed by atoms with E-state index in [9.17, 15) is 14.4 Å². The van der Waals surface area contributed by atoms with Crippen molar-refractivity contribution in [3.63, 3.8) is 0 Å². The van der Waals surface area contributed by atoms with Gasteiger partial charge in [0.1, 0.15) is 6.61 Å². The van der Waals surface area contributed by atoms with Crippen molar-refractivity contribution in [3.05, 3.63) is 111 Å². The van der Waals surface area contributed by atoms with Gasteiger partial charge in [0.2, 0.25) is 0 Å². The van der Waals surface area contributed by atoms with Gasteiger partial charge in [0.15, 0.2) is 34.4 Å². The van der Waals surface area contributed by atoms with Gasteiger partial charge >= 0.3 is 11.9 Å². The second-order valence-corrected chi connectivity index (χ2v) is 13.6. The van der Waals surface area contributed by atoms with Crippen molar-refractivity contribution in [1.82, 2.24) is 4.57 Å². The van der Waals surface area contributed by atoms with E-state index in [1.54, 1.807) is 38.1 Å². The lowest BCUT2D eigenvalue weighted by molar-refractivity contribution is -0.143. The highest BCUT2D eigenvalue weighted by atomic mass is 127. The average molecular weight is 847 g/mol. The molecule has 1 aromatic heterocycles. The minimum absolute atomic E-state index is 0.136. The third kappa shape index (κ3) is 8.76. The number of hydrogen-bond donors (Lipinski definition) is 0. The Morgan fingerprint density at radius 3 is 2.35 bits per heavy atom. The Kier molecular flexibility index (Phi) is 12.8. The Morgan fingerprint density at radius 2 is 1.67 bits per heavy atom. The molecule has 1 atom stereocenters. The summed E-state index contributed by atoms with van der Waals surface area (Å²) in [6.07, 6.45) is 1.77. The highest BCUT2D eigenvalue weighted by molar-refractivity contribution is 14.1. The predicted octanol–water partition coefficient (Wildman–Crippen LogP) is 5.98. The zero-order chi connectivity index (χ0) is 36.7. The maximum absolute atomic E-state index is 14.3. The fourth-order valence-electron chi connectivity index (χ4n) is 5.35. The number of halogens is 2. The van der Waals surface area contributed by atoms with Gasteiger partial charge in [0.25, 0.3) is 5.56 Å². The maximum Gasteiger partial charge on any atom is 0.343 e. The summed E-state index contributed by atoms with van der Waals surface area (Å²) in [4.78, 5) is 44.6. The van der Waals surface area contributed by atoms with E-state index in [1.807, 2.05) is 50.2 Å². The minimum Gasteiger partial charge on any atom is -0.490 e. The monoisotopic (exact) mass is 846 g/mol. The van der Waals surface area contributed by atoms with Crippen molar-refractivity contribution >= 4 is 63.5 Å². The molecular formula is C37H36ClIN2O9S. The van der Waals surface area contributed by atoms with E-state index in [0.29, 0.717) is 68.4 Å². The molecule has 1 aliphatic rings. The summed E-state index contributed by atoms with van der Waals surface area (Å²) in [7, 11) is 1.27. The number of carbonyl (C=O) groups excluding carboxylic acids is 2. The van der Waals surface area contributed by atoms with E-state index in [2.05, 4.69) is 27.6 Å². The van der Waals surface area contributed by atoms with Gasteiger partial charge in [-0.2, -0.15) is 0 Å². The first kappa shape index (κ1) is 37.9. The van der Waals surface area contributed by atoms with Crippen LogP contribution < -0.4 is 33.8 Å². The molecule has 0 amide bonds. The van der Waals surface area contributed by atoms with E-state index in [1.165, 1.54) is 23.0 Å². The number of fused-ring (bicyclic) bond motifs is 1. The Balaban J connectivity index is 1.59. The van der Waals surface area contributed by atoms with E-state index >= 15 is 0 Å². The number of thiazole rings is 1. The zero-order valence-corrected chi connectivity index (χ0v) is 32.3. The van der Waals surface area contributed by atoms with Gasteiger partial charge in [-0.3, -0.25) is 9.36 Å². The molecule has 0 N–H and O–H groups in total. The van der Waals surface area contributed by atoms with Crippen molar-refractivity contribution in [2.45, 2.75) is 40.3 Å². The molecule has 11 nitrogen and oxygen atoms in total. The summed E-state index contributed by atoms with van der Waals surface area (Å²) < 4.78 is 36.5. The number of nitrogens with zero attached hydrogens (tertiary/aromatic N) is 2. The zero-order valence-electron chi connectivity index (χ0n) is 28.6. The molecule has 3 aromatic carbocycles. The molecule has 0 saturated carbocycles. The standard InChI is InChI=1S/C37H36ClIN2O9S/c1-6-46-28-18-24(11-14-27(28)49-20-31(42)45-5)33-32(36(44)48-8-3)21(4)40-37-41(33)35(43)30(51-37)17-23-15-26(39)34(29(16-23)47-7-2)50-19-22-9-12-25(38)13-10-22/h9-18,33H,6-8,19-20H2,1-5H3/b30-17+/t33-/m0/s1. The number of rotatable bonds is 14. The highest BCUT2D eigenvalue weighted by Gasteiger charge is 2.34. The smallest absolute Gasteiger partial charge is 0.343 e. The first-order valence-corrected chi connectivity index (χ1v) is 18.3. The Bertz CT molecular complexity index is 2140. The molecule has 51 heavy (non-hydrogen) atoms. The lowest BCUT2D eigenvalue weighted by atomic mass is 9.95. The van der Waals surface area contributed by atoms with Crippen LogP contribution in [0.4, 0.5) is 0 Å². The van der Waals surface area contributed by atoms with Crippen molar-refractivity contribution in [1.29, 1.82) is 0 Å². The summed E-state index contributed by atoms with van der Waals surface area (Å²) in [5, 5.41) is 0.645. The topological polar surface area (TPSA) is 124 Å². The molecule has 0 saturated heterocycles. The van der Waals surface area contributed by atoms with Crippen LogP contribution in [0.15, 0.2) is 75.7 Å². The van der Waals surface area contributed by atoms with Crippen LogP contribution in [0, 0.1) is 3.57 Å². The second-order valence-electron chi connectivity index (χ2n) is 11.0. The lowest BCUT2D eigenvalue weighted by Crippen LogP contribution is -2.40. The molecule has 14 heteroatoms. The number of allylic oxidation sites excluding steroid dienone is 1. The van der Waals surface area contributed by atoms with E-state index in [4.69, 9.17) is 40.0 Å². The van der Waals surface area contributed by atoms with Crippen LogP contribution in [0.25, 0.3) is 6.08 Å². The SMILES string of the molecule is CCOC(=O)C1=C(C)N=c2s/c(=C/c3cc(I)c(OCc4ccc(Cl)cc4)c(OCC)c3)c(=O)n2[C@H]1c1ccc(OCC(=O)OC)c(OCC)c1. The number of methoxy groups -OCH3 is 1. The number of carbonyl (C=O) groups is 2. The average Bonchev–Trinajstić information content (AvgIpc) is 3.41. The van der Waals surface area contributed by atoms with Crippen LogP contribution in [-0.4, -0.2) is 50.0 Å². The van der Waals surface area contributed by atoms with Crippen molar-refractivity contribution in [2.75, 3.05) is 33.5 Å². The molecule has 0 radical (unpaired) electrons. The second kappa shape index (κ2) is 17.2. The number of esters is 2. The van der Waals surface area contributed by atoms with E-state index in [0.717, 1.165) is 14.7 Å². The molecule has 0 unspecified atom stereocenters. The number of ether oxygens (including phenoxy) is 6. The van der Waals surface area contributed by atoms with Crippen LogP contribution in [0.1, 0.15) is 50.4 Å². The van der Waals surface area contributed by atoms with E-state index < -0.39 is 18.0 Å². The minimum atomic E-state index is -0.890. The van der Waals surface area contributed by atoms with Crippen LogP contribution >= 0.6 is 45.5 Å². The molecule has 4 aromatic rings. The maximum atomic E-state index is 14.3. The van der Waals surface area contributed by atoms with E-state index in [-0.39, 0.29) is 24.3 Å². The van der Waals surface area contributed by atoms with Crippen LogP contribution in [0.5, 0.6) is 23.0 Å². The largest absolute Gasteiger partial charge is 0.490 e. The molecule has 0 fully saturated rings. The molecule has 0 bridgehead atoms. The number of hydrogen-bond acceptors (Lipinski definition) is 11. The molecular weight excluding hydrogens is 811 g/mol. The Morgan fingerprint density at radius 1 is 0.941 bits per heavy atom. The summed E-state index contributed by atoms with van der Waals surface area (Å²) in [6.45, 7) is 7.96. The first-order chi connectivity index (χ1) is 24.6. The van der Waals surface area contributed by atoms with Gasteiger partial charge in [-0.1, -0.05) is 41.1 Å². The van der Waals surface area contributed by atoms with Gasteiger partial charge in [-0.15, -0.1) is 0 Å². The summed E-state index contributed by atoms with van der Waals surface area (Å²) in [5.74, 6) is 0.609. The normalized spacial score (nSPS) is 14.0. The van der Waals surface area contributed by atoms with Crippen molar-refractivity contribution < 1.29 is 38.0 Å². The summed E-state index contributed by atoms with van der Waals surface area (Å²) in [6, 6.07) is 15.3. The van der Waals surface area contributed by atoms with Gasteiger partial charge in [-0.25, -0.2) is 14.6 Å². The Labute approximate surface area is 317 Å². The molecule has 1 aliphatic heterocycles. The van der Waals surface area contributed by atoms with Crippen LogP contribution in [0.3, 0.4) is 0 Å². The molecule has 5 rings (SSSR count). The third-order valence-electron chi connectivity index (χ3n) is 7.60. The molecule has 2 heterocycles. The number of aromatic nitrogens is 1. The fraction of sp³-hybridized carbons (Fsp3) is 0.297. The summed E-state index contributed by atoms with van der Waals surface area (Å²) in [5.41, 5.74) is 2.52. The molecule has 0 aliphatic carbocycles. The van der Waals surface area contributed by atoms with Gasteiger partial charge in [-0.05, 0) is 109 Å². The van der Waals surface area contributed by atoms with Gasteiger partial charge in [0.05, 0.1) is 52.3 Å². The summed E-state index contributed by atoms with van der Waals surface area (Å²) >= 11 is 9.43. The van der Waals surface area contributed by atoms with Crippen molar-refractivity contribution in [2.24, 2.45) is 4.99 Å². The Hall–Kier alpha value is -4.34. The number of benzene rings is 3. The fourth-order valence-corrected chi connectivity index (χ4v) is 7.30. The van der Waals surface area contributed by atoms with Crippen LogP contribution in [-0.2, 0) is 25.7 Å². The van der Waals surface area contributed by atoms with Crippen molar-refractivity contribution in [3.8, 4) is 23.0 Å².